The second-order valence-corrected chi connectivity index (χ2v) is 4.13. The van der Waals surface area contributed by atoms with Crippen LogP contribution in [0.1, 0.15) is 25.8 Å². The fraction of sp³-hybridized carbons (Fsp3) is 0.455. The van der Waals surface area contributed by atoms with Gasteiger partial charge in [-0.1, -0.05) is 19.9 Å². The Morgan fingerprint density at radius 2 is 1.86 bits per heavy atom. The lowest BCUT2D eigenvalue weighted by atomic mass is 9.81. The molecule has 1 aromatic carbocycles. The van der Waals surface area contributed by atoms with Gasteiger partial charge in [0.05, 0.1) is 0 Å². The zero-order valence-corrected chi connectivity index (χ0v) is 8.62. The molecule has 0 spiro atoms. The van der Waals surface area contributed by atoms with Gasteiger partial charge in [0.15, 0.2) is 11.5 Å². The summed E-state index contributed by atoms with van der Waals surface area (Å²) in [5, 5.41) is 18.5. The van der Waals surface area contributed by atoms with E-state index in [9.17, 15) is 5.11 Å². The number of rotatable bonds is 3. The summed E-state index contributed by atoms with van der Waals surface area (Å²) in [6, 6.07) is 4.90. The molecule has 4 N–H and O–H groups in total. The summed E-state index contributed by atoms with van der Waals surface area (Å²) in [5.41, 5.74) is 6.42. The number of hydrogen-bond donors (Lipinski definition) is 3. The van der Waals surface area contributed by atoms with Gasteiger partial charge in [0.2, 0.25) is 0 Å². The number of benzene rings is 1. The molecule has 0 aromatic heterocycles. The summed E-state index contributed by atoms with van der Waals surface area (Å²) in [6.45, 7) is 4.73. The van der Waals surface area contributed by atoms with E-state index in [0.717, 1.165) is 12.0 Å². The van der Waals surface area contributed by atoms with Crippen molar-refractivity contribution in [3.05, 3.63) is 23.8 Å². The fourth-order valence-electron chi connectivity index (χ4n) is 1.45. The number of aromatic hydroxyl groups is 2. The maximum Gasteiger partial charge on any atom is 0.157 e. The number of phenols is 2. The van der Waals surface area contributed by atoms with Crippen molar-refractivity contribution in [2.45, 2.75) is 25.7 Å². The highest BCUT2D eigenvalue weighted by molar-refractivity contribution is 5.42. The molecule has 0 fully saturated rings. The molecule has 0 atom stereocenters. The molecule has 0 aliphatic rings. The van der Waals surface area contributed by atoms with E-state index in [2.05, 4.69) is 13.8 Å². The average molecular weight is 195 g/mol. The highest BCUT2D eigenvalue weighted by Crippen LogP contribution is 2.33. The minimum atomic E-state index is -0.0858. The fourth-order valence-corrected chi connectivity index (χ4v) is 1.45. The van der Waals surface area contributed by atoms with Crippen LogP contribution in [-0.4, -0.2) is 16.8 Å². The zero-order chi connectivity index (χ0) is 10.8. The molecule has 0 saturated heterocycles. The Kier molecular flexibility index (Phi) is 3.01. The molecule has 0 saturated carbocycles. The zero-order valence-electron chi connectivity index (χ0n) is 8.62. The van der Waals surface area contributed by atoms with Crippen molar-refractivity contribution >= 4 is 0 Å². The minimum Gasteiger partial charge on any atom is -0.504 e. The van der Waals surface area contributed by atoms with Crippen LogP contribution in [0.25, 0.3) is 0 Å². The lowest BCUT2D eigenvalue weighted by Gasteiger charge is -2.24. The normalized spacial score (nSPS) is 11.6. The van der Waals surface area contributed by atoms with E-state index in [4.69, 9.17) is 10.8 Å². The van der Waals surface area contributed by atoms with Gasteiger partial charge in [0, 0.05) is 0 Å². The van der Waals surface area contributed by atoms with Gasteiger partial charge < -0.3 is 15.9 Å². The van der Waals surface area contributed by atoms with Crippen LogP contribution in [0.4, 0.5) is 0 Å². The first-order chi connectivity index (χ1) is 6.47. The van der Waals surface area contributed by atoms with Crippen molar-refractivity contribution in [1.29, 1.82) is 0 Å². The summed E-state index contributed by atoms with van der Waals surface area (Å²) in [4.78, 5) is 0. The van der Waals surface area contributed by atoms with E-state index in [-0.39, 0.29) is 16.9 Å². The Bertz CT molecular complexity index is 321. The highest BCUT2D eigenvalue weighted by atomic mass is 16.3. The summed E-state index contributed by atoms with van der Waals surface area (Å²) < 4.78 is 0. The van der Waals surface area contributed by atoms with Crippen LogP contribution in [0.2, 0.25) is 0 Å². The van der Waals surface area contributed by atoms with E-state index < -0.39 is 0 Å². The van der Waals surface area contributed by atoms with E-state index in [1.165, 1.54) is 6.07 Å². The molecule has 0 heterocycles. The molecule has 0 aliphatic heterocycles. The summed E-state index contributed by atoms with van der Waals surface area (Å²) >= 11 is 0. The maximum atomic E-state index is 9.35. The Morgan fingerprint density at radius 3 is 2.36 bits per heavy atom. The molecule has 1 rings (SSSR count). The van der Waals surface area contributed by atoms with Crippen LogP contribution >= 0.6 is 0 Å². The predicted molar refractivity (Wildman–Crippen MR) is 56.5 cm³/mol. The van der Waals surface area contributed by atoms with Crippen molar-refractivity contribution in [2.24, 2.45) is 5.73 Å². The van der Waals surface area contributed by atoms with Gasteiger partial charge in [-0.2, -0.15) is 0 Å². The van der Waals surface area contributed by atoms with Gasteiger partial charge in [-0.25, -0.2) is 0 Å². The lowest BCUT2D eigenvalue weighted by molar-refractivity contribution is 0.399. The van der Waals surface area contributed by atoms with Crippen LogP contribution in [0.5, 0.6) is 11.5 Å². The third kappa shape index (κ3) is 2.17. The first-order valence-electron chi connectivity index (χ1n) is 4.70. The molecule has 3 heteroatoms. The van der Waals surface area contributed by atoms with Crippen molar-refractivity contribution in [1.82, 2.24) is 0 Å². The molecule has 1 aromatic rings. The number of phenolic OH excluding ortho intramolecular Hbond substituents is 2. The Balaban J connectivity index is 3.01. The molecule has 78 valence electrons. The smallest absolute Gasteiger partial charge is 0.157 e. The first kappa shape index (κ1) is 10.9. The van der Waals surface area contributed by atoms with Crippen LogP contribution in [0.3, 0.4) is 0 Å². The summed E-state index contributed by atoms with van der Waals surface area (Å²) in [7, 11) is 0. The average Bonchev–Trinajstić information content (AvgIpc) is 2.09. The van der Waals surface area contributed by atoms with Crippen LogP contribution < -0.4 is 5.73 Å². The largest absolute Gasteiger partial charge is 0.504 e. The van der Waals surface area contributed by atoms with Crippen molar-refractivity contribution in [2.75, 3.05) is 6.54 Å². The molecule has 0 bridgehead atoms. The second kappa shape index (κ2) is 3.88. The molecule has 14 heavy (non-hydrogen) atoms. The Morgan fingerprint density at radius 1 is 1.21 bits per heavy atom. The predicted octanol–water partition coefficient (Wildman–Crippen LogP) is 1.72. The van der Waals surface area contributed by atoms with Gasteiger partial charge >= 0.3 is 0 Å². The van der Waals surface area contributed by atoms with Crippen molar-refractivity contribution < 1.29 is 10.2 Å². The van der Waals surface area contributed by atoms with E-state index in [0.29, 0.717) is 6.54 Å². The van der Waals surface area contributed by atoms with Gasteiger partial charge in [-0.05, 0) is 36.1 Å². The SMILES string of the molecule is CC(C)(CCN)c1ccc(O)c(O)c1. The van der Waals surface area contributed by atoms with Gasteiger partial charge in [0.25, 0.3) is 0 Å². The van der Waals surface area contributed by atoms with Gasteiger partial charge in [-0.15, -0.1) is 0 Å². The first-order valence-corrected chi connectivity index (χ1v) is 4.70. The van der Waals surface area contributed by atoms with Crippen molar-refractivity contribution in [3.63, 3.8) is 0 Å². The third-order valence-corrected chi connectivity index (χ3v) is 2.53. The summed E-state index contributed by atoms with van der Waals surface area (Å²) in [5.74, 6) is -0.162. The molecule has 0 radical (unpaired) electrons. The van der Waals surface area contributed by atoms with E-state index >= 15 is 0 Å². The van der Waals surface area contributed by atoms with Crippen LogP contribution in [-0.2, 0) is 5.41 Å². The second-order valence-electron chi connectivity index (χ2n) is 4.13. The molecule has 0 aliphatic carbocycles. The third-order valence-electron chi connectivity index (χ3n) is 2.53. The maximum absolute atomic E-state index is 9.35. The molecular weight excluding hydrogens is 178 g/mol. The van der Waals surface area contributed by atoms with Crippen molar-refractivity contribution in [3.8, 4) is 11.5 Å². The van der Waals surface area contributed by atoms with Gasteiger partial charge in [-0.3, -0.25) is 0 Å². The molecule has 0 amide bonds. The quantitative estimate of drug-likeness (QED) is 0.643. The monoisotopic (exact) mass is 195 g/mol. The van der Waals surface area contributed by atoms with Crippen LogP contribution in [0, 0.1) is 0 Å². The number of nitrogens with two attached hydrogens (primary N) is 1. The topological polar surface area (TPSA) is 66.5 Å². The minimum absolute atomic E-state index is 0.0695. The molecule has 3 nitrogen and oxygen atoms in total. The van der Waals surface area contributed by atoms with Gasteiger partial charge in [0.1, 0.15) is 0 Å². The van der Waals surface area contributed by atoms with E-state index in [1.807, 2.05) is 6.07 Å². The standard InChI is InChI=1S/C11H17NO2/c1-11(2,5-6-12)8-3-4-9(13)10(14)7-8/h3-4,7,13-14H,5-6,12H2,1-2H3. The summed E-state index contributed by atoms with van der Waals surface area (Å²) in [6.07, 6.45) is 0.844. The lowest BCUT2D eigenvalue weighted by Crippen LogP contribution is -2.21. The van der Waals surface area contributed by atoms with E-state index in [1.54, 1.807) is 6.07 Å². The van der Waals surface area contributed by atoms with Crippen LogP contribution in [0.15, 0.2) is 18.2 Å². The highest BCUT2D eigenvalue weighted by Gasteiger charge is 2.20. The molecule has 0 unspecified atom stereocenters. The Labute approximate surface area is 84.2 Å². The Hall–Kier alpha value is -1.22. The molecular formula is C11H17NO2. The number of hydrogen-bond acceptors (Lipinski definition) is 3.